The Balaban J connectivity index is 1.43. The molecule has 28 heavy (non-hydrogen) atoms. The van der Waals surface area contributed by atoms with Crippen LogP contribution in [0.2, 0.25) is 5.02 Å². The minimum absolute atomic E-state index is 0.0486. The van der Waals surface area contributed by atoms with Crippen molar-refractivity contribution >= 4 is 35.0 Å². The summed E-state index contributed by atoms with van der Waals surface area (Å²) in [4.78, 5) is 38.2. The Hall–Kier alpha value is -2.80. The van der Waals surface area contributed by atoms with Crippen LogP contribution in [0.25, 0.3) is 0 Å². The number of hydrogen-bond donors (Lipinski definition) is 2. The van der Waals surface area contributed by atoms with E-state index >= 15 is 0 Å². The average molecular weight is 404 g/mol. The number of nitrogens with zero attached hydrogens (tertiary/aromatic N) is 1. The van der Waals surface area contributed by atoms with Gasteiger partial charge in [-0.05, 0) is 49.4 Å². The molecule has 0 radical (unpaired) electrons. The van der Waals surface area contributed by atoms with Crippen molar-refractivity contribution in [2.45, 2.75) is 19.8 Å². The zero-order valence-corrected chi connectivity index (χ0v) is 16.3. The van der Waals surface area contributed by atoms with E-state index in [1.54, 1.807) is 29.2 Å². The molecule has 1 aliphatic rings. The quantitative estimate of drug-likeness (QED) is 0.768. The normalized spacial score (nSPS) is 14.6. The SMILES string of the molecule is Cc1ccc(Cl)cc1NC(=O)C(=O)NCC1CCN(C(=O)c2ccoc2)CC1. The number of carbonyl (C=O) groups is 3. The number of rotatable bonds is 4. The van der Waals surface area contributed by atoms with Crippen LogP contribution in [0.5, 0.6) is 0 Å². The lowest BCUT2D eigenvalue weighted by Crippen LogP contribution is -2.43. The lowest BCUT2D eigenvalue weighted by Gasteiger charge is -2.31. The van der Waals surface area contributed by atoms with Crippen LogP contribution in [-0.4, -0.2) is 42.3 Å². The van der Waals surface area contributed by atoms with Crippen LogP contribution >= 0.6 is 11.6 Å². The van der Waals surface area contributed by atoms with Crippen LogP contribution in [0.4, 0.5) is 5.69 Å². The minimum atomic E-state index is -0.724. The van der Waals surface area contributed by atoms with E-state index in [9.17, 15) is 14.4 Å². The van der Waals surface area contributed by atoms with Gasteiger partial charge in [0.25, 0.3) is 5.91 Å². The van der Waals surface area contributed by atoms with Crippen LogP contribution in [0, 0.1) is 12.8 Å². The Bertz CT molecular complexity index is 858. The molecule has 2 aromatic rings. The van der Waals surface area contributed by atoms with E-state index in [2.05, 4.69) is 10.6 Å². The lowest BCUT2D eigenvalue weighted by molar-refractivity contribution is -0.136. The zero-order valence-electron chi connectivity index (χ0n) is 15.5. The highest BCUT2D eigenvalue weighted by Crippen LogP contribution is 2.20. The highest BCUT2D eigenvalue weighted by Gasteiger charge is 2.25. The first-order valence-electron chi connectivity index (χ1n) is 9.11. The van der Waals surface area contributed by atoms with E-state index in [1.807, 2.05) is 6.92 Å². The van der Waals surface area contributed by atoms with Crippen LogP contribution in [-0.2, 0) is 9.59 Å². The molecule has 1 aromatic carbocycles. The summed E-state index contributed by atoms with van der Waals surface area (Å²) in [6.45, 7) is 3.44. The number of likely N-dealkylation sites (tertiary alicyclic amines) is 1. The summed E-state index contributed by atoms with van der Waals surface area (Å²) in [5.41, 5.74) is 1.87. The summed E-state index contributed by atoms with van der Waals surface area (Å²) in [5, 5.41) is 5.74. The highest BCUT2D eigenvalue weighted by atomic mass is 35.5. The number of anilines is 1. The van der Waals surface area contributed by atoms with Crippen molar-refractivity contribution in [3.8, 4) is 0 Å². The zero-order chi connectivity index (χ0) is 20.1. The van der Waals surface area contributed by atoms with Crippen LogP contribution in [0.15, 0.2) is 41.2 Å². The summed E-state index contributed by atoms with van der Waals surface area (Å²) < 4.78 is 4.95. The smallest absolute Gasteiger partial charge is 0.313 e. The van der Waals surface area contributed by atoms with Crippen molar-refractivity contribution in [2.24, 2.45) is 5.92 Å². The Morgan fingerprint density at radius 3 is 2.61 bits per heavy atom. The fourth-order valence-corrected chi connectivity index (χ4v) is 3.31. The van der Waals surface area contributed by atoms with Crippen LogP contribution in [0.1, 0.15) is 28.8 Å². The van der Waals surface area contributed by atoms with Crippen molar-refractivity contribution in [3.63, 3.8) is 0 Å². The molecular formula is C20H22ClN3O4. The molecule has 0 aliphatic carbocycles. The van der Waals surface area contributed by atoms with E-state index in [-0.39, 0.29) is 11.8 Å². The molecule has 1 fully saturated rings. The van der Waals surface area contributed by atoms with Gasteiger partial charge in [-0.1, -0.05) is 17.7 Å². The summed E-state index contributed by atoms with van der Waals surface area (Å²) in [5.74, 6) is -1.24. The van der Waals surface area contributed by atoms with Gasteiger partial charge in [-0.2, -0.15) is 0 Å². The Morgan fingerprint density at radius 2 is 1.93 bits per heavy atom. The standard InChI is InChI=1S/C20H22ClN3O4/c1-13-2-3-16(21)10-17(13)23-19(26)18(25)22-11-14-4-7-24(8-5-14)20(27)15-6-9-28-12-15/h2-3,6,9-10,12,14H,4-5,7-8,11H2,1H3,(H,22,25)(H,23,26). The van der Waals surface area contributed by atoms with Crippen molar-refractivity contribution in [1.82, 2.24) is 10.2 Å². The number of nitrogens with one attached hydrogen (secondary N) is 2. The third kappa shape index (κ3) is 4.92. The lowest BCUT2D eigenvalue weighted by atomic mass is 9.96. The number of benzene rings is 1. The third-order valence-corrected chi connectivity index (χ3v) is 5.11. The number of aryl methyl sites for hydroxylation is 1. The van der Waals surface area contributed by atoms with E-state index in [0.29, 0.717) is 35.9 Å². The van der Waals surface area contributed by atoms with E-state index < -0.39 is 11.8 Å². The highest BCUT2D eigenvalue weighted by molar-refractivity contribution is 6.40. The maximum atomic E-state index is 12.3. The molecule has 8 heteroatoms. The number of amides is 3. The maximum Gasteiger partial charge on any atom is 0.313 e. The van der Waals surface area contributed by atoms with Crippen LogP contribution in [0.3, 0.4) is 0 Å². The van der Waals surface area contributed by atoms with Crippen molar-refractivity contribution < 1.29 is 18.8 Å². The molecule has 0 atom stereocenters. The maximum absolute atomic E-state index is 12.3. The summed E-state index contributed by atoms with van der Waals surface area (Å²) in [7, 11) is 0. The van der Waals surface area contributed by atoms with E-state index in [0.717, 1.165) is 18.4 Å². The Kier molecular flexibility index (Phi) is 6.36. The van der Waals surface area contributed by atoms with E-state index in [4.69, 9.17) is 16.0 Å². The second-order valence-corrected chi connectivity index (χ2v) is 7.31. The van der Waals surface area contributed by atoms with E-state index in [1.165, 1.54) is 12.5 Å². The minimum Gasteiger partial charge on any atom is -0.472 e. The fraction of sp³-hybridized carbons (Fsp3) is 0.350. The molecule has 0 spiro atoms. The second kappa shape index (κ2) is 8.93. The molecule has 0 saturated carbocycles. The van der Waals surface area contributed by atoms with Crippen LogP contribution < -0.4 is 10.6 Å². The molecule has 0 unspecified atom stereocenters. The molecule has 3 rings (SSSR count). The first kappa shape index (κ1) is 19.9. The second-order valence-electron chi connectivity index (χ2n) is 6.87. The Labute approximate surface area is 168 Å². The van der Waals surface area contributed by atoms with Crippen molar-refractivity contribution in [1.29, 1.82) is 0 Å². The monoisotopic (exact) mass is 403 g/mol. The van der Waals surface area contributed by atoms with Gasteiger partial charge in [0.1, 0.15) is 6.26 Å². The molecule has 7 nitrogen and oxygen atoms in total. The largest absolute Gasteiger partial charge is 0.472 e. The molecule has 0 bridgehead atoms. The van der Waals surface area contributed by atoms with Crippen molar-refractivity contribution in [3.05, 3.63) is 52.9 Å². The number of carbonyl (C=O) groups excluding carboxylic acids is 3. The first-order chi connectivity index (χ1) is 13.4. The summed E-state index contributed by atoms with van der Waals surface area (Å²) >= 11 is 5.92. The number of halogens is 1. The van der Waals surface area contributed by atoms with Gasteiger partial charge in [0, 0.05) is 30.3 Å². The first-order valence-corrected chi connectivity index (χ1v) is 9.48. The predicted molar refractivity (Wildman–Crippen MR) is 105 cm³/mol. The van der Waals surface area contributed by atoms with Gasteiger partial charge in [0.15, 0.2) is 0 Å². The van der Waals surface area contributed by atoms with Gasteiger partial charge < -0.3 is 20.0 Å². The fourth-order valence-electron chi connectivity index (χ4n) is 3.13. The molecule has 1 saturated heterocycles. The van der Waals surface area contributed by atoms with Gasteiger partial charge in [0.05, 0.1) is 11.8 Å². The number of hydrogen-bond acceptors (Lipinski definition) is 4. The molecule has 2 heterocycles. The molecule has 3 amide bonds. The van der Waals surface area contributed by atoms with Gasteiger partial charge in [-0.25, -0.2) is 0 Å². The van der Waals surface area contributed by atoms with Gasteiger partial charge in [0.2, 0.25) is 0 Å². The molecule has 2 N–H and O–H groups in total. The van der Waals surface area contributed by atoms with Crippen molar-refractivity contribution in [2.75, 3.05) is 25.0 Å². The summed E-state index contributed by atoms with van der Waals surface area (Å²) in [6.07, 6.45) is 4.44. The van der Waals surface area contributed by atoms with Gasteiger partial charge in [-0.3, -0.25) is 14.4 Å². The predicted octanol–water partition coefficient (Wildman–Crippen LogP) is 2.85. The Morgan fingerprint density at radius 1 is 1.18 bits per heavy atom. The molecular weight excluding hydrogens is 382 g/mol. The molecule has 1 aliphatic heterocycles. The average Bonchev–Trinajstić information content (AvgIpc) is 3.23. The third-order valence-electron chi connectivity index (χ3n) is 4.88. The van der Waals surface area contributed by atoms with Gasteiger partial charge in [-0.15, -0.1) is 0 Å². The van der Waals surface area contributed by atoms with Gasteiger partial charge >= 0.3 is 11.8 Å². The number of furan rings is 1. The number of piperidine rings is 1. The topological polar surface area (TPSA) is 91.7 Å². The summed E-state index contributed by atoms with van der Waals surface area (Å²) in [6, 6.07) is 6.74. The molecule has 1 aromatic heterocycles. The molecule has 148 valence electrons.